The van der Waals surface area contributed by atoms with Crippen molar-refractivity contribution < 1.29 is 4.74 Å². The molecule has 1 unspecified atom stereocenters. The van der Waals surface area contributed by atoms with E-state index in [-0.39, 0.29) is 0 Å². The SMILES string of the molecule is CN(CC1CCCOC1)c1ccc(N)nc1. The Labute approximate surface area is 96.4 Å². The van der Waals surface area contributed by atoms with E-state index >= 15 is 0 Å². The molecule has 1 aliphatic rings. The first-order chi connectivity index (χ1) is 7.75. The highest BCUT2D eigenvalue weighted by atomic mass is 16.5. The Morgan fingerprint density at radius 2 is 2.44 bits per heavy atom. The fourth-order valence-corrected chi connectivity index (χ4v) is 2.07. The summed E-state index contributed by atoms with van der Waals surface area (Å²) in [4.78, 5) is 6.31. The lowest BCUT2D eigenvalue weighted by molar-refractivity contribution is 0.0576. The molecule has 1 aromatic heterocycles. The van der Waals surface area contributed by atoms with Crippen LogP contribution >= 0.6 is 0 Å². The van der Waals surface area contributed by atoms with Crippen LogP contribution in [0.1, 0.15) is 12.8 Å². The fourth-order valence-electron chi connectivity index (χ4n) is 2.07. The minimum Gasteiger partial charge on any atom is -0.384 e. The highest BCUT2D eigenvalue weighted by molar-refractivity contribution is 5.47. The lowest BCUT2D eigenvalue weighted by Gasteiger charge is -2.28. The zero-order chi connectivity index (χ0) is 11.4. The first-order valence-electron chi connectivity index (χ1n) is 5.76. The van der Waals surface area contributed by atoms with Crippen molar-refractivity contribution >= 4 is 11.5 Å². The van der Waals surface area contributed by atoms with Gasteiger partial charge in [0.15, 0.2) is 0 Å². The van der Waals surface area contributed by atoms with E-state index in [1.54, 1.807) is 0 Å². The monoisotopic (exact) mass is 221 g/mol. The van der Waals surface area contributed by atoms with E-state index in [0.717, 1.165) is 25.4 Å². The van der Waals surface area contributed by atoms with Crippen LogP contribution in [0.4, 0.5) is 11.5 Å². The summed E-state index contributed by atoms with van der Waals surface area (Å²) >= 11 is 0. The maximum atomic E-state index is 5.56. The quantitative estimate of drug-likeness (QED) is 0.841. The number of nitrogens with zero attached hydrogens (tertiary/aromatic N) is 2. The molecule has 16 heavy (non-hydrogen) atoms. The maximum absolute atomic E-state index is 5.56. The Hall–Kier alpha value is -1.29. The Balaban J connectivity index is 1.91. The molecule has 2 rings (SSSR count). The van der Waals surface area contributed by atoms with Gasteiger partial charge in [0.25, 0.3) is 0 Å². The third-order valence-electron chi connectivity index (χ3n) is 3.00. The summed E-state index contributed by atoms with van der Waals surface area (Å²) in [6, 6.07) is 3.84. The van der Waals surface area contributed by atoms with Gasteiger partial charge in [-0.2, -0.15) is 0 Å². The largest absolute Gasteiger partial charge is 0.384 e. The average molecular weight is 221 g/mol. The third kappa shape index (κ3) is 2.85. The second-order valence-electron chi connectivity index (χ2n) is 4.40. The van der Waals surface area contributed by atoms with Crippen LogP contribution in [0.2, 0.25) is 0 Å². The van der Waals surface area contributed by atoms with Crippen LogP contribution in [0, 0.1) is 5.92 Å². The molecule has 0 bridgehead atoms. The van der Waals surface area contributed by atoms with E-state index in [4.69, 9.17) is 10.5 Å². The molecule has 4 heteroatoms. The topological polar surface area (TPSA) is 51.4 Å². The molecule has 4 nitrogen and oxygen atoms in total. The molecule has 0 radical (unpaired) electrons. The lowest BCUT2D eigenvalue weighted by Crippen LogP contribution is -2.30. The van der Waals surface area contributed by atoms with Crippen molar-refractivity contribution in [2.45, 2.75) is 12.8 Å². The second kappa shape index (κ2) is 5.16. The van der Waals surface area contributed by atoms with E-state index in [0.29, 0.717) is 11.7 Å². The molecule has 2 N–H and O–H groups in total. The van der Waals surface area contributed by atoms with Crippen LogP contribution < -0.4 is 10.6 Å². The number of hydrogen-bond acceptors (Lipinski definition) is 4. The van der Waals surface area contributed by atoms with Gasteiger partial charge in [0, 0.05) is 20.2 Å². The number of anilines is 2. The van der Waals surface area contributed by atoms with Crippen LogP contribution in [0.25, 0.3) is 0 Å². The Morgan fingerprint density at radius 3 is 3.06 bits per heavy atom. The fraction of sp³-hybridized carbons (Fsp3) is 0.583. The molecule has 88 valence electrons. The van der Waals surface area contributed by atoms with Crippen molar-refractivity contribution in [2.75, 3.05) is 37.4 Å². The molecule has 1 aromatic rings. The van der Waals surface area contributed by atoms with E-state index < -0.39 is 0 Å². The van der Waals surface area contributed by atoms with Gasteiger partial charge < -0.3 is 15.4 Å². The summed E-state index contributed by atoms with van der Waals surface area (Å²) in [5.74, 6) is 1.20. The maximum Gasteiger partial charge on any atom is 0.123 e. The normalized spacial score (nSPS) is 20.7. The predicted molar refractivity (Wildman–Crippen MR) is 65.5 cm³/mol. The number of nitrogen functional groups attached to an aromatic ring is 1. The Bertz CT molecular complexity index is 320. The number of aromatic nitrogens is 1. The van der Waals surface area contributed by atoms with Gasteiger partial charge in [0.05, 0.1) is 18.5 Å². The number of hydrogen-bond donors (Lipinski definition) is 1. The summed E-state index contributed by atoms with van der Waals surface area (Å²) in [5.41, 5.74) is 6.67. The Kier molecular flexibility index (Phi) is 3.62. The predicted octanol–water partition coefficient (Wildman–Crippen LogP) is 1.53. The van der Waals surface area contributed by atoms with Gasteiger partial charge in [0.2, 0.25) is 0 Å². The number of rotatable bonds is 3. The van der Waals surface area contributed by atoms with E-state index in [1.165, 1.54) is 12.8 Å². The molecule has 1 saturated heterocycles. The van der Waals surface area contributed by atoms with Crippen molar-refractivity contribution in [2.24, 2.45) is 5.92 Å². The summed E-state index contributed by atoms with van der Waals surface area (Å²) < 4.78 is 5.48. The highest BCUT2D eigenvalue weighted by Gasteiger charge is 2.16. The molecule has 1 aliphatic heterocycles. The molecule has 0 spiro atoms. The molecule has 0 amide bonds. The second-order valence-corrected chi connectivity index (χ2v) is 4.40. The van der Waals surface area contributed by atoms with Crippen LogP contribution in [0.5, 0.6) is 0 Å². The average Bonchev–Trinajstić information content (AvgIpc) is 2.31. The molecule has 1 atom stereocenters. The number of pyridine rings is 1. The van der Waals surface area contributed by atoms with Gasteiger partial charge in [-0.1, -0.05) is 0 Å². The van der Waals surface area contributed by atoms with Gasteiger partial charge in [-0.25, -0.2) is 4.98 Å². The molecule has 0 saturated carbocycles. The molecule has 0 aromatic carbocycles. The van der Waals surface area contributed by atoms with E-state index in [9.17, 15) is 0 Å². The highest BCUT2D eigenvalue weighted by Crippen LogP contribution is 2.18. The number of nitrogens with two attached hydrogens (primary N) is 1. The van der Waals surface area contributed by atoms with Gasteiger partial charge in [0.1, 0.15) is 5.82 Å². The van der Waals surface area contributed by atoms with Crippen molar-refractivity contribution in [1.82, 2.24) is 4.98 Å². The molecular weight excluding hydrogens is 202 g/mol. The lowest BCUT2D eigenvalue weighted by atomic mass is 10.0. The molecule has 2 heterocycles. The van der Waals surface area contributed by atoms with Gasteiger partial charge >= 0.3 is 0 Å². The molecule has 1 fully saturated rings. The summed E-state index contributed by atoms with van der Waals surface area (Å²) in [6.45, 7) is 2.82. The first-order valence-corrected chi connectivity index (χ1v) is 5.76. The standard InChI is InChI=1S/C12H19N3O/c1-15(8-10-3-2-6-16-9-10)11-4-5-12(13)14-7-11/h4-5,7,10H,2-3,6,8-9H2,1H3,(H2,13,14). The summed E-state index contributed by atoms with van der Waals surface area (Å²) in [5, 5.41) is 0. The minimum absolute atomic E-state index is 0.568. The van der Waals surface area contributed by atoms with Crippen LogP contribution in [0.15, 0.2) is 18.3 Å². The van der Waals surface area contributed by atoms with Gasteiger partial charge in [-0.3, -0.25) is 0 Å². The molecular formula is C12H19N3O. The minimum atomic E-state index is 0.568. The summed E-state index contributed by atoms with van der Waals surface area (Å²) in [6.07, 6.45) is 4.25. The van der Waals surface area contributed by atoms with E-state index in [1.807, 2.05) is 18.3 Å². The zero-order valence-corrected chi connectivity index (χ0v) is 9.72. The first kappa shape index (κ1) is 11.2. The van der Waals surface area contributed by atoms with Gasteiger partial charge in [-0.15, -0.1) is 0 Å². The van der Waals surface area contributed by atoms with Gasteiger partial charge in [-0.05, 0) is 30.9 Å². The van der Waals surface area contributed by atoms with Crippen LogP contribution in [0.3, 0.4) is 0 Å². The smallest absolute Gasteiger partial charge is 0.123 e. The summed E-state index contributed by atoms with van der Waals surface area (Å²) in [7, 11) is 2.09. The van der Waals surface area contributed by atoms with Crippen molar-refractivity contribution in [3.8, 4) is 0 Å². The molecule has 0 aliphatic carbocycles. The zero-order valence-electron chi connectivity index (χ0n) is 9.72. The van der Waals surface area contributed by atoms with Crippen molar-refractivity contribution in [3.05, 3.63) is 18.3 Å². The van der Waals surface area contributed by atoms with Crippen molar-refractivity contribution in [3.63, 3.8) is 0 Å². The third-order valence-corrected chi connectivity index (χ3v) is 3.00. The van der Waals surface area contributed by atoms with Crippen molar-refractivity contribution in [1.29, 1.82) is 0 Å². The van der Waals surface area contributed by atoms with E-state index in [2.05, 4.69) is 16.9 Å². The van der Waals surface area contributed by atoms with Crippen LogP contribution in [-0.4, -0.2) is 31.8 Å². The number of ether oxygens (including phenoxy) is 1. The van der Waals surface area contributed by atoms with Crippen LogP contribution in [-0.2, 0) is 4.74 Å². The Morgan fingerprint density at radius 1 is 1.56 bits per heavy atom.